The first-order chi connectivity index (χ1) is 17.1. The standard InChI is InChI=1S/C31H60O4/c1-3-4-5-6-7-8-9-13-16-19-22-25-28-31(34)35-29(2)26-23-20-17-14-11-10-12-15-18-21-24-27-30(32)33/h29H,3-28H2,1-2H3,(H,32,33). The summed E-state index contributed by atoms with van der Waals surface area (Å²) in [6.45, 7) is 4.31. The van der Waals surface area contributed by atoms with Crippen LogP contribution >= 0.6 is 0 Å². The van der Waals surface area contributed by atoms with Crippen LogP contribution in [0.25, 0.3) is 0 Å². The molecule has 0 aromatic rings. The molecule has 0 aliphatic heterocycles. The molecule has 35 heavy (non-hydrogen) atoms. The Morgan fingerprint density at radius 2 is 0.886 bits per heavy atom. The van der Waals surface area contributed by atoms with E-state index in [9.17, 15) is 9.59 Å². The fraction of sp³-hybridized carbons (Fsp3) is 0.935. The second-order valence-corrected chi connectivity index (χ2v) is 10.8. The van der Waals surface area contributed by atoms with Gasteiger partial charge >= 0.3 is 11.9 Å². The number of esters is 1. The first-order valence-corrected chi connectivity index (χ1v) is 15.5. The summed E-state index contributed by atoms with van der Waals surface area (Å²) in [7, 11) is 0. The zero-order valence-corrected chi connectivity index (χ0v) is 23.6. The topological polar surface area (TPSA) is 63.6 Å². The van der Waals surface area contributed by atoms with Crippen molar-refractivity contribution in [3.05, 3.63) is 0 Å². The molecule has 0 amide bonds. The van der Waals surface area contributed by atoms with E-state index in [2.05, 4.69) is 6.92 Å². The second-order valence-electron chi connectivity index (χ2n) is 10.8. The SMILES string of the molecule is CCCCCCCCCCCCCCC(=O)OC(C)CCCCCCCCCCCCCC(=O)O. The minimum Gasteiger partial charge on any atom is -0.481 e. The highest BCUT2D eigenvalue weighted by atomic mass is 16.5. The van der Waals surface area contributed by atoms with E-state index in [0.717, 1.165) is 38.5 Å². The molecule has 0 saturated heterocycles. The molecule has 208 valence electrons. The van der Waals surface area contributed by atoms with E-state index >= 15 is 0 Å². The van der Waals surface area contributed by atoms with E-state index in [-0.39, 0.29) is 12.1 Å². The summed E-state index contributed by atoms with van der Waals surface area (Å²) in [6, 6.07) is 0. The molecule has 4 heteroatoms. The highest BCUT2D eigenvalue weighted by Crippen LogP contribution is 2.15. The lowest BCUT2D eigenvalue weighted by Crippen LogP contribution is -2.14. The van der Waals surface area contributed by atoms with Gasteiger partial charge in [-0.2, -0.15) is 0 Å². The van der Waals surface area contributed by atoms with Gasteiger partial charge in [-0.05, 0) is 32.6 Å². The van der Waals surface area contributed by atoms with Crippen molar-refractivity contribution in [3.63, 3.8) is 0 Å². The molecule has 0 aliphatic rings. The van der Waals surface area contributed by atoms with Crippen molar-refractivity contribution in [2.24, 2.45) is 0 Å². The summed E-state index contributed by atoms with van der Waals surface area (Å²) in [5.41, 5.74) is 0. The summed E-state index contributed by atoms with van der Waals surface area (Å²) < 4.78 is 5.59. The molecule has 1 unspecified atom stereocenters. The number of unbranched alkanes of at least 4 members (excludes halogenated alkanes) is 21. The molecular formula is C31H60O4. The zero-order valence-electron chi connectivity index (χ0n) is 23.6. The van der Waals surface area contributed by atoms with Gasteiger partial charge < -0.3 is 9.84 Å². The zero-order chi connectivity index (χ0) is 25.8. The minimum absolute atomic E-state index is 0.00691. The number of hydrogen-bond acceptors (Lipinski definition) is 3. The van der Waals surface area contributed by atoms with E-state index in [0.29, 0.717) is 12.8 Å². The Labute approximate surface area is 218 Å². The third kappa shape index (κ3) is 29.1. The average molecular weight is 497 g/mol. The van der Waals surface area contributed by atoms with Crippen LogP contribution in [0.1, 0.15) is 181 Å². The fourth-order valence-electron chi connectivity index (χ4n) is 4.75. The van der Waals surface area contributed by atoms with Gasteiger partial charge in [0.25, 0.3) is 0 Å². The summed E-state index contributed by atoms with van der Waals surface area (Å²) in [4.78, 5) is 22.5. The molecule has 0 bridgehead atoms. The lowest BCUT2D eigenvalue weighted by molar-refractivity contribution is -0.148. The number of carbonyl (C=O) groups is 2. The number of aliphatic carboxylic acids is 1. The molecule has 0 heterocycles. The Hall–Kier alpha value is -1.06. The molecule has 0 aliphatic carbocycles. The van der Waals surface area contributed by atoms with Crippen LogP contribution in [-0.4, -0.2) is 23.1 Å². The molecule has 0 aromatic heterocycles. The van der Waals surface area contributed by atoms with Crippen molar-refractivity contribution in [2.45, 2.75) is 187 Å². The van der Waals surface area contributed by atoms with Gasteiger partial charge in [-0.25, -0.2) is 0 Å². The van der Waals surface area contributed by atoms with E-state index in [1.807, 2.05) is 6.92 Å². The Kier molecular flexibility index (Phi) is 26.7. The number of rotatable bonds is 28. The van der Waals surface area contributed by atoms with Crippen molar-refractivity contribution in [1.82, 2.24) is 0 Å². The normalized spacial score (nSPS) is 12.1. The number of carboxylic acid groups (broad SMARTS) is 1. The predicted molar refractivity (Wildman–Crippen MR) is 149 cm³/mol. The van der Waals surface area contributed by atoms with Crippen LogP contribution in [0, 0.1) is 0 Å². The molecule has 0 radical (unpaired) electrons. The highest BCUT2D eigenvalue weighted by Gasteiger charge is 2.09. The molecule has 0 saturated carbocycles. The fourth-order valence-corrected chi connectivity index (χ4v) is 4.75. The van der Waals surface area contributed by atoms with Crippen LogP contribution in [-0.2, 0) is 14.3 Å². The predicted octanol–water partition coefficient (Wildman–Crippen LogP) is 10.2. The first kappa shape index (κ1) is 33.9. The Morgan fingerprint density at radius 1 is 0.543 bits per heavy atom. The van der Waals surface area contributed by atoms with Crippen LogP contribution in [0.5, 0.6) is 0 Å². The smallest absolute Gasteiger partial charge is 0.306 e. The summed E-state index contributed by atoms with van der Waals surface area (Å²) in [5.74, 6) is -0.681. The molecule has 1 N–H and O–H groups in total. The first-order valence-electron chi connectivity index (χ1n) is 15.5. The molecule has 0 fully saturated rings. The molecule has 4 nitrogen and oxygen atoms in total. The number of carbonyl (C=O) groups excluding carboxylic acids is 1. The van der Waals surface area contributed by atoms with Crippen molar-refractivity contribution in [3.8, 4) is 0 Å². The van der Waals surface area contributed by atoms with Gasteiger partial charge in [0.2, 0.25) is 0 Å². The van der Waals surface area contributed by atoms with Crippen LogP contribution < -0.4 is 0 Å². The third-order valence-corrected chi connectivity index (χ3v) is 7.07. The number of ether oxygens (including phenoxy) is 1. The van der Waals surface area contributed by atoms with Gasteiger partial charge in [-0.15, -0.1) is 0 Å². The summed E-state index contributed by atoms with van der Waals surface area (Å²) >= 11 is 0. The van der Waals surface area contributed by atoms with Gasteiger partial charge in [0.05, 0.1) is 6.10 Å². The van der Waals surface area contributed by atoms with E-state index in [4.69, 9.17) is 9.84 Å². The molecule has 0 rings (SSSR count). The van der Waals surface area contributed by atoms with Gasteiger partial charge in [-0.1, -0.05) is 135 Å². The Morgan fingerprint density at radius 3 is 1.29 bits per heavy atom. The van der Waals surface area contributed by atoms with Crippen LogP contribution in [0.4, 0.5) is 0 Å². The van der Waals surface area contributed by atoms with E-state index in [1.165, 1.54) is 116 Å². The number of hydrogen-bond donors (Lipinski definition) is 1. The monoisotopic (exact) mass is 496 g/mol. The lowest BCUT2D eigenvalue weighted by atomic mass is 10.0. The molecule has 0 aromatic carbocycles. The van der Waals surface area contributed by atoms with Crippen LogP contribution in [0.2, 0.25) is 0 Å². The van der Waals surface area contributed by atoms with Crippen molar-refractivity contribution in [1.29, 1.82) is 0 Å². The van der Waals surface area contributed by atoms with Crippen molar-refractivity contribution < 1.29 is 19.4 Å². The van der Waals surface area contributed by atoms with Crippen LogP contribution in [0.3, 0.4) is 0 Å². The molecular weight excluding hydrogens is 436 g/mol. The van der Waals surface area contributed by atoms with Gasteiger partial charge in [0.1, 0.15) is 0 Å². The van der Waals surface area contributed by atoms with Crippen molar-refractivity contribution in [2.75, 3.05) is 0 Å². The quantitative estimate of drug-likeness (QED) is 0.0864. The summed E-state index contributed by atoms with van der Waals surface area (Å²) in [5, 5.41) is 8.61. The third-order valence-electron chi connectivity index (χ3n) is 7.07. The number of carboxylic acids is 1. The van der Waals surface area contributed by atoms with Crippen LogP contribution in [0.15, 0.2) is 0 Å². The van der Waals surface area contributed by atoms with E-state index < -0.39 is 5.97 Å². The maximum absolute atomic E-state index is 12.0. The maximum Gasteiger partial charge on any atom is 0.306 e. The Balaban J connectivity index is 3.30. The minimum atomic E-state index is -0.674. The van der Waals surface area contributed by atoms with Crippen molar-refractivity contribution >= 4 is 11.9 Å². The average Bonchev–Trinajstić information content (AvgIpc) is 2.82. The van der Waals surface area contributed by atoms with Gasteiger partial charge in [-0.3, -0.25) is 9.59 Å². The highest BCUT2D eigenvalue weighted by molar-refractivity contribution is 5.69. The van der Waals surface area contributed by atoms with Gasteiger partial charge in [0.15, 0.2) is 0 Å². The molecule has 1 atom stereocenters. The second kappa shape index (κ2) is 27.5. The lowest BCUT2D eigenvalue weighted by Gasteiger charge is -2.13. The molecule has 0 spiro atoms. The van der Waals surface area contributed by atoms with Gasteiger partial charge in [0, 0.05) is 12.8 Å². The Bertz CT molecular complexity index is 463. The maximum atomic E-state index is 12.0. The largest absolute Gasteiger partial charge is 0.481 e. The van der Waals surface area contributed by atoms with E-state index in [1.54, 1.807) is 0 Å². The summed E-state index contributed by atoms with van der Waals surface area (Å²) in [6.07, 6.45) is 30.8.